The van der Waals surface area contributed by atoms with E-state index in [1.807, 2.05) is 12.1 Å². The number of benzene rings is 1. The van der Waals surface area contributed by atoms with Crippen molar-refractivity contribution in [2.24, 2.45) is 4.99 Å². The number of amides is 1. The van der Waals surface area contributed by atoms with Crippen LogP contribution in [0.4, 0.5) is 13.2 Å². The van der Waals surface area contributed by atoms with Gasteiger partial charge in [-0.2, -0.15) is 13.2 Å². The van der Waals surface area contributed by atoms with Crippen LogP contribution in [0, 0.1) is 0 Å². The number of carbonyl (C=O) groups excluding carboxylic acids is 1. The van der Waals surface area contributed by atoms with Gasteiger partial charge in [-0.3, -0.25) is 9.79 Å². The lowest BCUT2D eigenvalue weighted by molar-refractivity contribution is -0.193. The second-order valence-electron chi connectivity index (χ2n) is 6.13. The summed E-state index contributed by atoms with van der Waals surface area (Å²) in [6.45, 7) is 0.770. The number of aromatic nitrogens is 1. The Hall–Kier alpha value is -1.61. The lowest BCUT2D eigenvalue weighted by Gasteiger charge is -2.36. The summed E-state index contributed by atoms with van der Waals surface area (Å²) in [6, 6.07) is 5.25. The number of carbonyl (C=O) groups is 1. The number of para-hydroxylation sites is 1. The molecule has 0 saturated heterocycles. The topological polar surface area (TPSA) is 48.5 Å². The quantitative estimate of drug-likeness (QED) is 0.831. The fraction of sp³-hybridized carbons (Fsp3) is 0.412. The first-order valence-corrected chi connectivity index (χ1v) is 10.2. The number of rotatable bonds is 2. The molecule has 2 aliphatic heterocycles. The summed E-state index contributed by atoms with van der Waals surface area (Å²) in [5.74, 6) is 0.342. The van der Waals surface area contributed by atoms with Crippen molar-refractivity contribution in [1.82, 2.24) is 9.88 Å². The number of H-pyrrole nitrogens is 1. The molecule has 0 spiro atoms. The molecule has 9 heteroatoms. The van der Waals surface area contributed by atoms with Crippen molar-refractivity contribution in [3.63, 3.8) is 0 Å². The highest BCUT2D eigenvalue weighted by atomic mass is 32.2. The maximum Gasteiger partial charge on any atom is 0.414 e. The monoisotopic (exact) mass is 399 g/mol. The SMILES string of the molecule is O=C(CSC1=NCCS1)N1CCc2c([nH]c3ccccc23)[C@H]1C(F)(F)F. The first-order chi connectivity index (χ1) is 12.4. The zero-order valence-electron chi connectivity index (χ0n) is 13.7. The standard InChI is InChI=1S/C17H16F3N3OS2/c18-17(19,20)15-14-11(10-3-1-2-4-12(10)22-14)5-7-23(15)13(24)9-26-16-21-6-8-25-16/h1-4,15,22H,5-9H2/t15-/m0/s1. The highest BCUT2D eigenvalue weighted by Gasteiger charge is 2.50. The average molecular weight is 399 g/mol. The molecule has 0 saturated carbocycles. The summed E-state index contributed by atoms with van der Waals surface area (Å²) in [5.41, 5.74) is 1.43. The minimum Gasteiger partial charge on any atom is -0.356 e. The number of aliphatic imine (C=N–C) groups is 1. The lowest BCUT2D eigenvalue weighted by atomic mass is 9.97. The summed E-state index contributed by atoms with van der Waals surface area (Å²) in [4.78, 5) is 20.7. The highest BCUT2D eigenvalue weighted by molar-refractivity contribution is 8.39. The smallest absolute Gasteiger partial charge is 0.356 e. The van der Waals surface area contributed by atoms with Gasteiger partial charge in [0.2, 0.25) is 5.91 Å². The molecule has 1 aromatic carbocycles. The zero-order valence-corrected chi connectivity index (χ0v) is 15.3. The Bertz CT molecular complexity index is 878. The van der Waals surface area contributed by atoms with Crippen LogP contribution in [-0.2, 0) is 11.2 Å². The number of halogens is 3. The van der Waals surface area contributed by atoms with Gasteiger partial charge in [-0.25, -0.2) is 0 Å². The van der Waals surface area contributed by atoms with Gasteiger partial charge in [0.05, 0.1) is 18.0 Å². The summed E-state index contributed by atoms with van der Waals surface area (Å²) < 4.78 is 42.3. The van der Waals surface area contributed by atoms with E-state index in [1.54, 1.807) is 23.9 Å². The molecule has 4 nitrogen and oxygen atoms in total. The fourth-order valence-electron chi connectivity index (χ4n) is 3.46. The molecule has 1 aromatic heterocycles. The van der Waals surface area contributed by atoms with Gasteiger partial charge in [0, 0.05) is 23.2 Å². The number of alkyl halides is 3. The van der Waals surface area contributed by atoms with Crippen molar-refractivity contribution in [3.8, 4) is 0 Å². The van der Waals surface area contributed by atoms with E-state index in [1.165, 1.54) is 11.8 Å². The second kappa shape index (κ2) is 6.84. The number of thioether (sulfide) groups is 2. The largest absolute Gasteiger partial charge is 0.414 e. The van der Waals surface area contributed by atoms with Crippen LogP contribution in [0.1, 0.15) is 17.3 Å². The minimum absolute atomic E-state index is 0.0199. The van der Waals surface area contributed by atoms with E-state index in [0.717, 1.165) is 20.4 Å². The molecule has 0 bridgehead atoms. The van der Waals surface area contributed by atoms with Crippen LogP contribution in [0.25, 0.3) is 10.9 Å². The summed E-state index contributed by atoms with van der Waals surface area (Å²) in [5, 5.41) is 0.801. The molecule has 1 amide bonds. The summed E-state index contributed by atoms with van der Waals surface area (Å²) >= 11 is 2.77. The average Bonchev–Trinajstić information content (AvgIpc) is 3.25. The van der Waals surface area contributed by atoms with Crippen molar-refractivity contribution < 1.29 is 18.0 Å². The zero-order chi connectivity index (χ0) is 18.3. The summed E-state index contributed by atoms with van der Waals surface area (Å²) in [6.07, 6.45) is -4.12. The van der Waals surface area contributed by atoms with E-state index >= 15 is 0 Å². The normalized spacial score (nSPS) is 20.3. The van der Waals surface area contributed by atoms with Crippen molar-refractivity contribution in [1.29, 1.82) is 0 Å². The van der Waals surface area contributed by atoms with Gasteiger partial charge < -0.3 is 9.88 Å². The van der Waals surface area contributed by atoms with Crippen molar-refractivity contribution >= 4 is 44.7 Å². The summed E-state index contributed by atoms with van der Waals surface area (Å²) in [7, 11) is 0. The van der Waals surface area contributed by atoms with Crippen molar-refractivity contribution in [3.05, 3.63) is 35.5 Å². The van der Waals surface area contributed by atoms with Crippen LogP contribution < -0.4 is 0 Å². The van der Waals surface area contributed by atoms with Gasteiger partial charge >= 0.3 is 6.18 Å². The van der Waals surface area contributed by atoms with Gasteiger partial charge in [-0.05, 0) is 18.1 Å². The maximum absolute atomic E-state index is 13.9. The Labute approximate surface area is 156 Å². The number of hydrogen-bond acceptors (Lipinski definition) is 4. The van der Waals surface area contributed by atoms with Gasteiger partial charge in [0.25, 0.3) is 0 Å². The molecule has 4 rings (SSSR count). The molecule has 0 radical (unpaired) electrons. The molecule has 3 heterocycles. The van der Waals surface area contributed by atoms with Gasteiger partial charge in [-0.1, -0.05) is 41.7 Å². The predicted octanol–water partition coefficient (Wildman–Crippen LogP) is 3.99. The van der Waals surface area contributed by atoms with E-state index in [-0.39, 0.29) is 18.0 Å². The minimum atomic E-state index is -4.53. The van der Waals surface area contributed by atoms with Crippen molar-refractivity contribution in [2.75, 3.05) is 24.6 Å². The number of fused-ring (bicyclic) bond motifs is 3. The third-order valence-electron chi connectivity index (χ3n) is 4.54. The van der Waals surface area contributed by atoms with Crippen LogP contribution >= 0.6 is 23.5 Å². The van der Waals surface area contributed by atoms with Crippen LogP contribution in [0.5, 0.6) is 0 Å². The Kier molecular flexibility index (Phi) is 4.68. The molecular weight excluding hydrogens is 383 g/mol. The molecule has 2 aliphatic rings. The molecule has 0 aliphatic carbocycles. The Balaban J connectivity index is 1.64. The van der Waals surface area contributed by atoms with Crippen molar-refractivity contribution in [2.45, 2.75) is 18.6 Å². The first-order valence-electron chi connectivity index (χ1n) is 8.21. The lowest BCUT2D eigenvalue weighted by Crippen LogP contribution is -2.47. The maximum atomic E-state index is 13.9. The number of nitrogens with one attached hydrogen (secondary N) is 1. The van der Waals surface area contributed by atoms with Crippen LogP contribution in [-0.4, -0.2) is 50.9 Å². The first kappa shape index (κ1) is 17.8. The van der Waals surface area contributed by atoms with E-state index in [0.29, 0.717) is 24.0 Å². The Morgan fingerprint density at radius 1 is 1.38 bits per heavy atom. The fourth-order valence-corrected chi connectivity index (χ4v) is 5.35. The third kappa shape index (κ3) is 3.22. The molecule has 2 aromatic rings. The second-order valence-corrected chi connectivity index (χ2v) is 8.43. The number of nitrogens with zero attached hydrogens (tertiary/aromatic N) is 2. The van der Waals surface area contributed by atoms with Gasteiger partial charge in [0.1, 0.15) is 4.38 Å². The molecule has 0 fully saturated rings. The molecular formula is C17H16F3N3OS2. The molecule has 26 heavy (non-hydrogen) atoms. The van der Waals surface area contributed by atoms with Gasteiger partial charge in [0.15, 0.2) is 6.04 Å². The van der Waals surface area contributed by atoms with E-state index in [2.05, 4.69) is 9.98 Å². The van der Waals surface area contributed by atoms with Crippen LogP contribution in [0.3, 0.4) is 0 Å². The highest BCUT2D eigenvalue weighted by Crippen LogP contribution is 2.43. The van der Waals surface area contributed by atoms with Gasteiger partial charge in [-0.15, -0.1) is 0 Å². The van der Waals surface area contributed by atoms with E-state index < -0.39 is 18.1 Å². The van der Waals surface area contributed by atoms with E-state index in [4.69, 9.17) is 0 Å². The molecule has 138 valence electrons. The molecule has 0 unspecified atom stereocenters. The van der Waals surface area contributed by atoms with Crippen LogP contribution in [0.2, 0.25) is 0 Å². The number of hydrogen-bond donors (Lipinski definition) is 1. The molecule has 1 N–H and O–H groups in total. The Morgan fingerprint density at radius 2 is 2.19 bits per heavy atom. The van der Waals surface area contributed by atoms with Crippen LogP contribution in [0.15, 0.2) is 29.3 Å². The molecule has 1 atom stereocenters. The van der Waals surface area contributed by atoms with E-state index in [9.17, 15) is 18.0 Å². The third-order valence-corrected chi connectivity index (χ3v) is 6.78. The number of aromatic amines is 1. The predicted molar refractivity (Wildman–Crippen MR) is 99.7 cm³/mol. The Morgan fingerprint density at radius 3 is 2.92 bits per heavy atom.